The highest BCUT2D eigenvalue weighted by atomic mass is 32.1. The van der Waals surface area contributed by atoms with Gasteiger partial charge in [-0.1, -0.05) is 24.9 Å². The summed E-state index contributed by atoms with van der Waals surface area (Å²) in [5.41, 5.74) is 4.07. The number of nitrogens with zero attached hydrogens (tertiary/aromatic N) is 1. The molecule has 144 valence electrons. The van der Waals surface area contributed by atoms with Crippen LogP contribution < -0.4 is 15.4 Å². The number of halogens is 4. The third kappa shape index (κ3) is 5.13. The number of urea groups is 1. The molecule has 3 amide bonds. The number of benzene rings is 2. The number of anilines is 1. The SMILES string of the molecule is NC(=O)c1ccc(N(S)C(=O)NCCc2cccc(F)c2C(F)(F)F)cc1. The van der Waals surface area contributed by atoms with E-state index in [1.54, 1.807) is 0 Å². The zero-order chi connectivity index (χ0) is 20.2. The minimum absolute atomic E-state index is 0.165. The summed E-state index contributed by atoms with van der Waals surface area (Å²) in [4.78, 5) is 23.1. The standard InChI is InChI=1S/C17H15F4N3O2S/c18-13-3-1-2-10(14(13)17(19,20)21)8-9-23-16(26)24(27)12-6-4-11(5-7-12)15(22)25/h1-7,27H,8-9H2,(H2,22,25)(H,23,26). The van der Waals surface area contributed by atoms with Crippen LogP contribution in [0.2, 0.25) is 0 Å². The van der Waals surface area contributed by atoms with Gasteiger partial charge in [0.25, 0.3) is 0 Å². The Bertz CT molecular complexity index is 841. The minimum Gasteiger partial charge on any atom is -0.366 e. The normalized spacial score (nSPS) is 11.1. The second-order valence-electron chi connectivity index (χ2n) is 5.48. The molecule has 0 bridgehead atoms. The Morgan fingerprint density at radius 1 is 1.11 bits per heavy atom. The van der Waals surface area contributed by atoms with Crippen LogP contribution in [0.4, 0.5) is 28.0 Å². The average Bonchev–Trinajstić information content (AvgIpc) is 2.60. The van der Waals surface area contributed by atoms with Crippen LogP contribution in [0.25, 0.3) is 0 Å². The van der Waals surface area contributed by atoms with Gasteiger partial charge in [0.05, 0.1) is 11.3 Å². The molecule has 0 aromatic heterocycles. The lowest BCUT2D eigenvalue weighted by Crippen LogP contribution is -2.35. The fourth-order valence-corrected chi connectivity index (χ4v) is 2.56. The van der Waals surface area contributed by atoms with Crippen LogP contribution in [0.15, 0.2) is 42.5 Å². The number of hydrogen-bond acceptors (Lipinski definition) is 3. The van der Waals surface area contributed by atoms with E-state index in [4.69, 9.17) is 5.73 Å². The predicted octanol–water partition coefficient (Wildman–Crippen LogP) is 3.55. The van der Waals surface area contributed by atoms with Crippen molar-refractivity contribution in [3.8, 4) is 0 Å². The number of rotatable bonds is 5. The highest BCUT2D eigenvalue weighted by Gasteiger charge is 2.36. The van der Waals surface area contributed by atoms with Gasteiger partial charge < -0.3 is 11.1 Å². The second kappa shape index (κ2) is 8.30. The average molecular weight is 401 g/mol. The van der Waals surface area contributed by atoms with Crippen LogP contribution >= 0.6 is 12.8 Å². The molecule has 0 radical (unpaired) electrons. The molecule has 2 aromatic carbocycles. The second-order valence-corrected chi connectivity index (χ2v) is 5.88. The molecule has 0 aliphatic carbocycles. The number of amides is 3. The summed E-state index contributed by atoms with van der Waals surface area (Å²) in [5.74, 6) is -2.00. The molecule has 0 spiro atoms. The number of hydrogen-bond donors (Lipinski definition) is 3. The lowest BCUT2D eigenvalue weighted by Gasteiger charge is -2.18. The van der Waals surface area contributed by atoms with Gasteiger partial charge in [0.2, 0.25) is 5.91 Å². The molecule has 0 fully saturated rings. The molecule has 2 rings (SSSR count). The van der Waals surface area contributed by atoms with Gasteiger partial charge in [-0.15, -0.1) is 0 Å². The van der Waals surface area contributed by atoms with Gasteiger partial charge in [-0.05, 0) is 42.3 Å². The van der Waals surface area contributed by atoms with Crippen LogP contribution in [-0.2, 0) is 12.6 Å². The van der Waals surface area contributed by atoms with E-state index >= 15 is 0 Å². The van der Waals surface area contributed by atoms with E-state index in [-0.39, 0.29) is 24.1 Å². The van der Waals surface area contributed by atoms with E-state index in [1.165, 1.54) is 30.3 Å². The fourth-order valence-electron chi connectivity index (χ4n) is 2.36. The van der Waals surface area contributed by atoms with Gasteiger partial charge in [0.15, 0.2) is 0 Å². The minimum atomic E-state index is -4.83. The molecule has 0 atom stereocenters. The number of carbonyl (C=O) groups excluding carboxylic acids is 2. The summed E-state index contributed by atoms with van der Waals surface area (Å²) in [6.07, 6.45) is -5.05. The molecule has 2 aromatic rings. The summed E-state index contributed by atoms with van der Waals surface area (Å²) in [6, 6.07) is 8.02. The topological polar surface area (TPSA) is 75.4 Å². The van der Waals surface area contributed by atoms with E-state index < -0.39 is 29.5 Å². The molecular weight excluding hydrogens is 386 g/mol. The Morgan fingerprint density at radius 2 is 1.74 bits per heavy atom. The van der Waals surface area contributed by atoms with E-state index in [0.717, 1.165) is 16.4 Å². The molecule has 0 heterocycles. The monoisotopic (exact) mass is 401 g/mol. The molecule has 0 saturated heterocycles. The maximum atomic E-state index is 13.5. The van der Waals surface area contributed by atoms with Gasteiger partial charge >= 0.3 is 12.2 Å². The Morgan fingerprint density at radius 3 is 2.30 bits per heavy atom. The molecule has 0 aliphatic rings. The number of nitrogens with two attached hydrogens (primary N) is 1. The van der Waals surface area contributed by atoms with Crippen molar-refractivity contribution < 1.29 is 27.2 Å². The number of alkyl halides is 3. The number of primary amides is 1. The number of nitrogens with one attached hydrogen (secondary N) is 1. The van der Waals surface area contributed by atoms with Crippen LogP contribution in [0.5, 0.6) is 0 Å². The lowest BCUT2D eigenvalue weighted by atomic mass is 10.0. The number of thiol groups is 1. The van der Waals surface area contributed by atoms with Crippen molar-refractivity contribution in [1.29, 1.82) is 0 Å². The molecule has 10 heteroatoms. The van der Waals surface area contributed by atoms with Crippen molar-refractivity contribution in [3.05, 3.63) is 65.0 Å². The first-order chi connectivity index (χ1) is 12.6. The van der Waals surface area contributed by atoms with Crippen molar-refractivity contribution >= 4 is 30.4 Å². The van der Waals surface area contributed by atoms with Gasteiger partial charge in [0.1, 0.15) is 5.82 Å². The Hall–Kier alpha value is -2.75. The maximum Gasteiger partial charge on any atom is 0.419 e. The summed E-state index contributed by atoms with van der Waals surface area (Å²) >= 11 is 4.01. The molecule has 5 nitrogen and oxygen atoms in total. The smallest absolute Gasteiger partial charge is 0.366 e. The summed E-state index contributed by atoms with van der Waals surface area (Å²) in [5, 5.41) is 2.39. The Labute approximate surface area is 157 Å². The number of carbonyl (C=O) groups is 2. The van der Waals surface area contributed by atoms with E-state index in [9.17, 15) is 27.2 Å². The predicted molar refractivity (Wildman–Crippen MR) is 94.9 cm³/mol. The van der Waals surface area contributed by atoms with Crippen LogP contribution in [0.1, 0.15) is 21.5 Å². The maximum absolute atomic E-state index is 13.5. The largest absolute Gasteiger partial charge is 0.419 e. The van der Waals surface area contributed by atoms with Crippen molar-refractivity contribution in [1.82, 2.24) is 5.32 Å². The highest BCUT2D eigenvalue weighted by Crippen LogP contribution is 2.34. The molecule has 0 saturated carbocycles. The van der Waals surface area contributed by atoms with Gasteiger partial charge in [0, 0.05) is 12.1 Å². The summed E-state index contributed by atoms with van der Waals surface area (Å²) in [7, 11) is 0. The lowest BCUT2D eigenvalue weighted by molar-refractivity contribution is -0.140. The third-order valence-corrected chi connectivity index (χ3v) is 4.06. The fraction of sp³-hybridized carbons (Fsp3) is 0.176. The summed E-state index contributed by atoms with van der Waals surface area (Å²) < 4.78 is 53.3. The van der Waals surface area contributed by atoms with Crippen molar-refractivity contribution in [3.63, 3.8) is 0 Å². The first-order valence-corrected chi connectivity index (χ1v) is 8.02. The molecule has 3 N–H and O–H groups in total. The van der Waals surface area contributed by atoms with Crippen LogP contribution in [-0.4, -0.2) is 18.5 Å². The summed E-state index contributed by atoms with van der Waals surface area (Å²) in [6.45, 7) is -0.165. The highest BCUT2D eigenvalue weighted by molar-refractivity contribution is 7.82. The zero-order valence-corrected chi connectivity index (χ0v) is 14.7. The van der Waals surface area contributed by atoms with Gasteiger partial charge in [-0.25, -0.2) is 13.5 Å². The molecule has 0 aliphatic heterocycles. The molecule has 27 heavy (non-hydrogen) atoms. The van der Waals surface area contributed by atoms with Crippen molar-refractivity contribution in [2.24, 2.45) is 5.73 Å². The third-order valence-electron chi connectivity index (χ3n) is 3.64. The Kier molecular flexibility index (Phi) is 6.32. The molecule has 0 unspecified atom stereocenters. The Balaban J connectivity index is 2.00. The first kappa shape index (κ1) is 20.6. The van der Waals surface area contributed by atoms with Gasteiger partial charge in [-0.3, -0.25) is 4.79 Å². The molecular formula is C17H15F4N3O2S. The van der Waals surface area contributed by atoms with Gasteiger partial charge in [-0.2, -0.15) is 13.2 Å². The quantitative estimate of drug-likeness (QED) is 0.530. The van der Waals surface area contributed by atoms with Crippen molar-refractivity contribution in [2.45, 2.75) is 12.6 Å². The van der Waals surface area contributed by atoms with Crippen molar-refractivity contribution in [2.75, 3.05) is 10.8 Å². The first-order valence-electron chi connectivity index (χ1n) is 7.62. The van der Waals surface area contributed by atoms with Crippen LogP contribution in [0, 0.1) is 5.82 Å². The van der Waals surface area contributed by atoms with Crippen LogP contribution in [0.3, 0.4) is 0 Å². The van der Waals surface area contributed by atoms with E-state index in [2.05, 4.69) is 18.1 Å². The zero-order valence-electron chi connectivity index (χ0n) is 13.8. The van der Waals surface area contributed by atoms with E-state index in [1.807, 2.05) is 0 Å². The van der Waals surface area contributed by atoms with E-state index in [0.29, 0.717) is 5.69 Å².